The molecular weight excluding hydrogens is 293 g/mol. The lowest BCUT2D eigenvalue weighted by atomic mass is 10.2. The van der Waals surface area contributed by atoms with E-state index in [9.17, 15) is 22.8 Å². The van der Waals surface area contributed by atoms with Gasteiger partial charge < -0.3 is 15.3 Å². The van der Waals surface area contributed by atoms with Crippen LogP contribution in [0.5, 0.6) is 0 Å². The van der Waals surface area contributed by atoms with Crippen LogP contribution in [0, 0.1) is 0 Å². The van der Waals surface area contributed by atoms with Gasteiger partial charge in [-0.05, 0) is 17.7 Å². The lowest BCUT2D eigenvalue weighted by Crippen LogP contribution is -2.40. The molecule has 0 unspecified atom stereocenters. The summed E-state index contributed by atoms with van der Waals surface area (Å²) in [5, 5.41) is 12.4. The minimum absolute atomic E-state index is 0.0342. The van der Waals surface area contributed by atoms with Crippen LogP contribution >= 0.6 is 0 Å². The van der Waals surface area contributed by atoms with Gasteiger partial charge in [0.2, 0.25) is 0 Å². The highest BCUT2D eigenvalue weighted by Crippen LogP contribution is 2.25. The maximum Gasteiger partial charge on any atom is 0.410 e. The van der Waals surface area contributed by atoms with Crippen LogP contribution in [0.15, 0.2) is 18.3 Å². The first-order valence-corrected chi connectivity index (χ1v) is 5.83. The summed E-state index contributed by atoms with van der Waals surface area (Å²) in [6, 6.07) is 0.120. The molecule has 0 aliphatic carbocycles. The van der Waals surface area contributed by atoms with E-state index in [0.717, 1.165) is 4.90 Å². The monoisotopic (exact) mass is 304 g/mol. The third-order valence-electron chi connectivity index (χ3n) is 2.82. The van der Waals surface area contributed by atoms with E-state index in [0.29, 0.717) is 5.56 Å². The van der Waals surface area contributed by atoms with Crippen molar-refractivity contribution in [3.8, 4) is 0 Å². The molecule has 1 saturated heterocycles. The second-order valence-electron chi connectivity index (χ2n) is 4.40. The van der Waals surface area contributed by atoms with Crippen LogP contribution in [0.4, 0.5) is 28.6 Å². The van der Waals surface area contributed by atoms with Crippen LogP contribution in [-0.4, -0.2) is 45.9 Å². The Hall–Kier alpha value is -2.52. The Morgan fingerprint density at radius 1 is 1.57 bits per heavy atom. The first-order valence-electron chi connectivity index (χ1n) is 5.83. The second kappa shape index (κ2) is 5.46. The highest BCUT2D eigenvalue weighted by molar-refractivity contribution is 5.81. The van der Waals surface area contributed by atoms with Crippen LogP contribution in [0.25, 0.3) is 0 Å². The van der Waals surface area contributed by atoms with Gasteiger partial charge in [-0.15, -0.1) is 0 Å². The average Bonchev–Trinajstić information content (AvgIpc) is 2.70. The van der Waals surface area contributed by atoms with Gasteiger partial charge in [0.15, 0.2) is 0 Å². The summed E-state index contributed by atoms with van der Waals surface area (Å²) in [7, 11) is 0. The van der Waals surface area contributed by atoms with Crippen molar-refractivity contribution in [2.24, 2.45) is 0 Å². The Bertz CT molecular complexity index is 564. The number of anilines is 1. The van der Waals surface area contributed by atoms with Crippen LogP contribution in [0.3, 0.4) is 0 Å². The summed E-state index contributed by atoms with van der Waals surface area (Å²) in [5.41, 5.74) is 0.465. The van der Waals surface area contributed by atoms with Gasteiger partial charge in [0.25, 0.3) is 0 Å². The molecule has 2 heterocycles. The molecule has 0 bridgehead atoms. The highest BCUT2D eigenvalue weighted by Gasteiger charge is 2.46. The lowest BCUT2D eigenvalue weighted by molar-refractivity contribution is -0.149. The molecule has 3 amide bonds. The summed E-state index contributed by atoms with van der Waals surface area (Å²) in [6.07, 6.45) is -4.51. The minimum atomic E-state index is -4.50. The fourth-order valence-electron chi connectivity index (χ4n) is 1.88. The molecule has 0 saturated carbocycles. The first kappa shape index (κ1) is 14.9. The van der Waals surface area contributed by atoms with Gasteiger partial charge in [-0.1, -0.05) is 0 Å². The number of hydrogen-bond donors (Lipinski definition) is 3. The van der Waals surface area contributed by atoms with E-state index in [1.807, 2.05) is 10.6 Å². The number of alkyl halides is 3. The minimum Gasteiger partial charge on any atom is -0.465 e. The zero-order valence-corrected chi connectivity index (χ0v) is 10.5. The number of carbonyl (C=O) groups is 2. The number of urea groups is 1. The number of carboxylic acid groups (broad SMARTS) is 1. The van der Waals surface area contributed by atoms with E-state index in [4.69, 9.17) is 5.11 Å². The molecule has 7 nitrogen and oxygen atoms in total. The van der Waals surface area contributed by atoms with E-state index in [-0.39, 0.29) is 12.4 Å². The maximum atomic E-state index is 12.5. The lowest BCUT2D eigenvalue weighted by Gasteiger charge is -2.16. The average molecular weight is 304 g/mol. The predicted molar refractivity (Wildman–Crippen MR) is 64.7 cm³/mol. The van der Waals surface area contributed by atoms with Gasteiger partial charge in [0, 0.05) is 12.7 Å². The molecule has 0 aromatic carbocycles. The normalized spacial score (nSPS) is 18.5. The molecule has 1 aliphatic rings. The fourth-order valence-corrected chi connectivity index (χ4v) is 1.88. The van der Waals surface area contributed by atoms with E-state index in [1.54, 1.807) is 0 Å². The third kappa shape index (κ3) is 3.74. The van der Waals surface area contributed by atoms with Crippen molar-refractivity contribution in [2.75, 3.05) is 11.9 Å². The van der Waals surface area contributed by atoms with Crippen molar-refractivity contribution in [3.05, 3.63) is 23.9 Å². The summed E-state index contributed by atoms with van der Waals surface area (Å²) in [5.74, 6) is 0.0342. The first-order chi connectivity index (χ1) is 9.75. The standard InChI is InChI=1S/C11H11F3N4O3/c12-11(13,14)7-5-18(9(19)16-7)4-6-1-2-15-8(3-6)17-10(20)21/h1-3,7H,4-5H2,(H,15,17)(H,16,19)(H,20,21)/t7-/m0/s1. The summed E-state index contributed by atoms with van der Waals surface area (Å²) >= 11 is 0. The Morgan fingerprint density at radius 2 is 2.29 bits per heavy atom. The number of rotatable bonds is 3. The highest BCUT2D eigenvalue weighted by atomic mass is 19.4. The zero-order chi connectivity index (χ0) is 15.6. The molecule has 3 N–H and O–H groups in total. The van der Waals surface area contributed by atoms with Crippen molar-refractivity contribution in [1.82, 2.24) is 15.2 Å². The molecule has 1 aliphatic heterocycles. The number of nitrogens with one attached hydrogen (secondary N) is 2. The largest absolute Gasteiger partial charge is 0.465 e. The molecule has 21 heavy (non-hydrogen) atoms. The molecule has 114 valence electrons. The second-order valence-corrected chi connectivity index (χ2v) is 4.40. The number of pyridine rings is 1. The van der Waals surface area contributed by atoms with Gasteiger partial charge in [-0.3, -0.25) is 5.32 Å². The van der Waals surface area contributed by atoms with Crippen LogP contribution in [0.1, 0.15) is 5.56 Å². The molecule has 2 rings (SSSR count). The number of aromatic nitrogens is 1. The molecular formula is C11H11F3N4O3. The number of halogens is 3. The van der Waals surface area contributed by atoms with Gasteiger partial charge >= 0.3 is 18.3 Å². The van der Waals surface area contributed by atoms with Gasteiger partial charge in [0.1, 0.15) is 11.9 Å². The number of hydrogen-bond acceptors (Lipinski definition) is 3. The number of carbonyl (C=O) groups excluding carboxylic acids is 1. The molecule has 1 aromatic heterocycles. The smallest absolute Gasteiger partial charge is 0.410 e. The van der Waals surface area contributed by atoms with Crippen molar-refractivity contribution in [2.45, 2.75) is 18.8 Å². The Balaban J connectivity index is 2.05. The predicted octanol–water partition coefficient (Wildman–Crippen LogP) is 1.63. The van der Waals surface area contributed by atoms with Crippen molar-refractivity contribution in [1.29, 1.82) is 0 Å². The van der Waals surface area contributed by atoms with Crippen LogP contribution in [-0.2, 0) is 6.54 Å². The van der Waals surface area contributed by atoms with E-state index < -0.39 is 30.9 Å². The quantitative estimate of drug-likeness (QED) is 0.791. The Morgan fingerprint density at radius 3 is 2.86 bits per heavy atom. The number of amides is 3. The van der Waals surface area contributed by atoms with E-state index >= 15 is 0 Å². The molecule has 1 fully saturated rings. The van der Waals surface area contributed by atoms with Gasteiger partial charge in [-0.2, -0.15) is 13.2 Å². The molecule has 10 heteroatoms. The zero-order valence-electron chi connectivity index (χ0n) is 10.5. The fraction of sp³-hybridized carbons (Fsp3) is 0.364. The summed E-state index contributed by atoms with van der Waals surface area (Å²) in [4.78, 5) is 26.7. The van der Waals surface area contributed by atoms with Crippen LogP contribution < -0.4 is 10.6 Å². The van der Waals surface area contributed by atoms with Gasteiger partial charge in [0.05, 0.1) is 6.54 Å². The topological polar surface area (TPSA) is 94.6 Å². The van der Waals surface area contributed by atoms with Crippen molar-refractivity contribution < 1.29 is 27.9 Å². The number of nitrogens with zero attached hydrogens (tertiary/aromatic N) is 2. The molecule has 0 spiro atoms. The molecule has 1 aromatic rings. The third-order valence-corrected chi connectivity index (χ3v) is 2.82. The maximum absolute atomic E-state index is 12.5. The van der Waals surface area contributed by atoms with Crippen LogP contribution in [0.2, 0.25) is 0 Å². The summed E-state index contributed by atoms with van der Waals surface area (Å²) in [6.45, 7) is -0.568. The van der Waals surface area contributed by atoms with E-state index in [1.165, 1.54) is 18.3 Å². The van der Waals surface area contributed by atoms with Crippen molar-refractivity contribution >= 4 is 17.9 Å². The van der Waals surface area contributed by atoms with Gasteiger partial charge in [-0.25, -0.2) is 14.6 Å². The molecule has 1 atom stereocenters. The van der Waals surface area contributed by atoms with Crippen molar-refractivity contribution in [3.63, 3.8) is 0 Å². The Kier molecular flexibility index (Phi) is 3.87. The molecule has 0 radical (unpaired) electrons. The SMILES string of the molecule is O=C(O)Nc1cc(CN2C[C@@H](C(F)(F)F)NC2=O)ccn1. The summed E-state index contributed by atoms with van der Waals surface area (Å²) < 4.78 is 37.6. The Labute approximate surface area is 116 Å². The van der Waals surface area contributed by atoms with E-state index in [2.05, 4.69) is 4.98 Å².